The van der Waals surface area contributed by atoms with Gasteiger partial charge in [0.25, 0.3) is 0 Å². The molecule has 14 heavy (non-hydrogen) atoms. The zero-order chi connectivity index (χ0) is 10.1. The number of nitrogens with zero attached hydrogens (tertiary/aromatic N) is 1. The molecule has 0 unspecified atom stereocenters. The molecular formula is C11H9Cl2N. The van der Waals surface area contributed by atoms with E-state index < -0.39 is 0 Å². The minimum Gasteiger partial charge on any atom is -0.236 e. The predicted octanol–water partition coefficient (Wildman–Crippen LogP) is 3.94. The molecule has 3 heteroatoms. The molecule has 0 saturated heterocycles. The molecule has 0 atom stereocenters. The monoisotopic (exact) mass is 225 g/mol. The van der Waals surface area contributed by atoms with Gasteiger partial charge in [-0.15, -0.1) is 11.6 Å². The average Bonchev–Trinajstić information content (AvgIpc) is 2.19. The fraction of sp³-hybridized carbons (Fsp3) is 0.182. The number of rotatable bonds is 1. The average molecular weight is 226 g/mol. The molecule has 0 saturated carbocycles. The SMILES string of the molecule is Cc1cc2cc(CCl)ccc2nc1Cl. The maximum absolute atomic E-state index is 5.92. The Hall–Kier alpha value is -0.790. The standard InChI is InChI=1S/C11H9Cl2N/c1-7-4-9-5-8(6-12)2-3-10(9)14-11(7)13/h2-5H,6H2,1H3. The van der Waals surface area contributed by atoms with Crippen molar-refractivity contribution in [2.45, 2.75) is 12.8 Å². The summed E-state index contributed by atoms with van der Waals surface area (Å²) >= 11 is 11.7. The van der Waals surface area contributed by atoms with Gasteiger partial charge >= 0.3 is 0 Å². The van der Waals surface area contributed by atoms with Crippen LogP contribution in [0.4, 0.5) is 0 Å². The van der Waals surface area contributed by atoms with Gasteiger partial charge in [-0.3, -0.25) is 0 Å². The molecule has 0 amide bonds. The first-order valence-electron chi connectivity index (χ1n) is 4.32. The maximum Gasteiger partial charge on any atom is 0.132 e. The van der Waals surface area contributed by atoms with Gasteiger partial charge in [0.2, 0.25) is 0 Å². The summed E-state index contributed by atoms with van der Waals surface area (Å²) in [4.78, 5) is 4.27. The highest BCUT2D eigenvalue weighted by Gasteiger charge is 2.01. The van der Waals surface area contributed by atoms with E-state index in [2.05, 4.69) is 4.98 Å². The number of aryl methyl sites for hydroxylation is 1. The third kappa shape index (κ3) is 1.70. The lowest BCUT2D eigenvalue weighted by atomic mass is 10.1. The van der Waals surface area contributed by atoms with Crippen molar-refractivity contribution in [3.63, 3.8) is 0 Å². The molecule has 1 aromatic heterocycles. The Kier molecular flexibility index (Phi) is 2.62. The quantitative estimate of drug-likeness (QED) is 0.530. The van der Waals surface area contributed by atoms with Crippen LogP contribution in [-0.4, -0.2) is 4.98 Å². The van der Waals surface area contributed by atoms with Gasteiger partial charge < -0.3 is 0 Å². The van der Waals surface area contributed by atoms with Crippen molar-refractivity contribution in [2.24, 2.45) is 0 Å². The lowest BCUT2D eigenvalue weighted by Crippen LogP contribution is -1.86. The normalized spacial score (nSPS) is 10.8. The lowest BCUT2D eigenvalue weighted by Gasteiger charge is -2.02. The molecular weight excluding hydrogens is 217 g/mol. The summed E-state index contributed by atoms with van der Waals surface area (Å²) in [5.41, 5.74) is 3.00. The van der Waals surface area contributed by atoms with Gasteiger partial charge in [-0.2, -0.15) is 0 Å². The number of hydrogen-bond donors (Lipinski definition) is 0. The zero-order valence-electron chi connectivity index (χ0n) is 7.72. The van der Waals surface area contributed by atoms with Gasteiger partial charge in [0, 0.05) is 11.3 Å². The van der Waals surface area contributed by atoms with Gasteiger partial charge in [0.15, 0.2) is 0 Å². The summed E-state index contributed by atoms with van der Waals surface area (Å²) < 4.78 is 0. The predicted molar refractivity (Wildman–Crippen MR) is 61.0 cm³/mol. The Bertz CT molecular complexity index is 480. The van der Waals surface area contributed by atoms with Crippen LogP contribution in [0.2, 0.25) is 5.15 Å². The van der Waals surface area contributed by atoms with Crippen LogP contribution in [0.5, 0.6) is 0 Å². The van der Waals surface area contributed by atoms with Crippen molar-refractivity contribution in [3.05, 3.63) is 40.5 Å². The highest BCUT2D eigenvalue weighted by Crippen LogP contribution is 2.21. The van der Waals surface area contributed by atoms with Crippen molar-refractivity contribution < 1.29 is 0 Å². The van der Waals surface area contributed by atoms with Crippen LogP contribution in [0, 0.1) is 6.92 Å². The van der Waals surface area contributed by atoms with Crippen LogP contribution in [0.3, 0.4) is 0 Å². The first-order valence-corrected chi connectivity index (χ1v) is 5.23. The third-order valence-corrected chi connectivity index (χ3v) is 2.85. The topological polar surface area (TPSA) is 12.9 Å². The summed E-state index contributed by atoms with van der Waals surface area (Å²) in [5.74, 6) is 0.525. The van der Waals surface area contributed by atoms with Crippen molar-refractivity contribution in [1.29, 1.82) is 0 Å². The van der Waals surface area contributed by atoms with E-state index in [0.29, 0.717) is 11.0 Å². The summed E-state index contributed by atoms with van der Waals surface area (Å²) in [5, 5.41) is 1.65. The van der Waals surface area contributed by atoms with E-state index in [9.17, 15) is 0 Å². The van der Waals surface area contributed by atoms with E-state index in [1.807, 2.05) is 31.2 Å². The highest BCUT2D eigenvalue weighted by molar-refractivity contribution is 6.30. The van der Waals surface area contributed by atoms with Crippen molar-refractivity contribution in [2.75, 3.05) is 0 Å². The molecule has 72 valence electrons. The van der Waals surface area contributed by atoms with E-state index in [0.717, 1.165) is 22.0 Å². The van der Waals surface area contributed by atoms with Crippen molar-refractivity contribution >= 4 is 34.1 Å². The number of hydrogen-bond acceptors (Lipinski definition) is 1. The van der Waals surface area contributed by atoms with E-state index in [1.165, 1.54) is 0 Å². The smallest absolute Gasteiger partial charge is 0.132 e. The van der Waals surface area contributed by atoms with Crippen molar-refractivity contribution in [3.8, 4) is 0 Å². The van der Waals surface area contributed by atoms with Crippen LogP contribution < -0.4 is 0 Å². The molecule has 2 rings (SSSR count). The molecule has 0 fully saturated rings. The Morgan fingerprint density at radius 3 is 2.79 bits per heavy atom. The number of aromatic nitrogens is 1. The minimum absolute atomic E-state index is 0.525. The largest absolute Gasteiger partial charge is 0.236 e. The first kappa shape index (κ1) is 9.75. The van der Waals surface area contributed by atoms with E-state index >= 15 is 0 Å². The number of benzene rings is 1. The number of pyridine rings is 1. The molecule has 0 aliphatic heterocycles. The molecule has 1 aromatic carbocycles. The zero-order valence-corrected chi connectivity index (χ0v) is 9.23. The van der Waals surface area contributed by atoms with Crippen LogP contribution in [0.25, 0.3) is 10.9 Å². The summed E-state index contributed by atoms with van der Waals surface area (Å²) in [6, 6.07) is 7.98. The van der Waals surface area contributed by atoms with Gasteiger partial charge in [-0.25, -0.2) is 4.98 Å². The molecule has 1 nitrogen and oxygen atoms in total. The molecule has 0 aliphatic rings. The van der Waals surface area contributed by atoms with E-state index in [-0.39, 0.29) is 0 Å². The highest BCUT2D eigenvalue weighted by atomic mass is 35.5. The molecule has 0 N–H and O–H groups in total. The maximum atomic E-state index is 5.92. The van der Waals surface area contributed by atoms with E-state index in [4.69, 9.17) is 23.2 Å². The van der Waals surface area contributed by atoms with E-state index in [1.54, 1.807) is 0 Å². The second-order valence-corrected chi connectivity index (χ2v) is 3.88. The lowest BCUT2D eigenvalue weighted by molar-refractivity contribution is 1.32. The molecule has 0 bridgehead atoms. The van der Waals surface area contributed by atoms with Gasteiger partial charge in [-0.1, -0.05) is 17.7 Å². The van der Waals surface area contributed by atoms with Crippen LogP contribution in [-0.2, 0) is 5.88 Å². The van der Waals surface area contributed by atoms with Gasteiger partial charge in [0.1, 0.15) is 5.15 Å². The van der Waals surface area contributed by atoms with Gasteiger partial charge in [0.05, 0.1) is 5.52 Å². The second-order valence-electron chi connectivity index (χ2n) is 3.26. The fourth-order valence-electron chi connectivity index (χ4n) is 1.39. The molecule has 0 spiro atoms. The molecule has 1 heterocycles. The van der Waals surface area contributed by atoms with Crippen LogP contribution in [0.1, 0.15) is 11.1 Å². The Balaban J connectivity index is 2.70. The minimum atomic E-state index is 0.525. The second kappa shape index (κ2) is 3.76. The molecule has 2 aromatic rings. The first-order chi connectivity index (χ1) is 6.70. The van der Waals surface area contributed by atoms with Crippen LogP contribution >= 0.6 is 23.2 Å². The summed E-state index contributed by atoms with van der Waals surface area (Å²) in [6.45, 7) is 1.95. The molecule has 0 aliphatic carbocycles. The summed E-state index contributed by atoms with van der Waals surface area (Å²) in [6.07, 6.45) is 0. The Labute approximate surface area is 92.7 Å². The van der Waals surface area contributed by atoms with Crippen LogP contribution in [0.15, 0.2) is 24.3 Å². The fourth-order valence-corrected chi connectivity index (χ4v) is 1.70. The third-order valence-electron chi connectivity index (χ3n) is 2.16. The van der Waals surface area contributed by atoms with Gasteiger partial charge in [-0.05, 0) is 36.2 Å². The molecule has 0 radical (unpaired) electrons. The number of fused-ring (bicyclic) bond motifs is 1. The summed E-state index contributed by atoms with van der Waals surface area (Å²) in [7, 11) is 0. The van der Waals surface area contributed by atoms with Crippen molar-refractivity contribution in [1.82, 2.24) is 4.98 Å². The Morgan fingerprint density at radius 2 is 2.07 bits per heavy atom. The number of alkyl halides is 1. The Morgan fingerprint density at radius 1 is 1.29 bits per heavy atom. The number of halogens is 2.